The van der Waals surface area contributed by atoms with Crippen molar-refractivity contribution >= 4 is 23.7 Å². The molecule has 8 nitrogen and oxygen atoms in total. The minimum atomic E-state index is -1.93. The predicted octanol–water partition coefficient (Wildman–Crippen LogP) is -16.6. The second-order valence-electron chi connectivity index (χ2n) is 2.92. The Hall–Kier alpha value is 1.88. The SMILES string of the molecule is N=C([O-])CCC(=O)NCC(C(=O)[O-])C(=O)[O-].[Na+].[Na+].[Na+].[Na+]. The average molecular weight is 321 g/mol. The number of hydrogen-bond donors (Lipinski definition) is 2. The van der Waals surface area contributed by atoms with Crippen molar-refractivity contribution in [3.05, 3.63) is 0 Å². The molecule has 90 valence electrons. The van der Waals surface area contributed by atoms with Crippen molar-refractivity contribution < 1.29 is 148 Å². The first kappa shape index (κ1) is 33.5. The van der Waals surface area contributed by atoms with E-state index in [9.17, 15) is 29.7 Å². The predicted molar refractivity (Wildman–Crippen MR) is 43.5 cm³/mol. The van der Waals surface area contributed by atoms with Crippen molar-refractivity contribution in [2.75, 3.05) is 6.54 Å². The van der Waals surface area contributed by atoms with Crippen LogP contribution in [-0.2, 0) is 14.4 Å². The van der Waals surface area contributed by atoms with Crippen LogP contribution in [0.25, 0.3) is 0 Å². The van der Waals surface area contributed by atoms with E-state index in [1.807, 2.05) is 5.32 Å². The molecule has 0 aromatic rings. The van der Waals surface area contributed by atoms with Gasteiger partial charge in [0, 0.05) is 13.0 Å². The molecule has 0 unspecified atom stereocenters. The molecule has 0 rings (SSSR count). The van der Waals surface area contributed by atoms with Crippen LogP contribution in [0.3, 0.4) is 0 Å². The van der Waals surface area contributed by atoms with Crippen LogP contribution in [-0.4, -0.2) is 30.3 Å². The number of amides is 1. The summed E-state index contributed by atoms with van der Waals surface area (Å²) in [5.41, 5.74) is 0. The number of nitrogens with one attached hydrogen (secondary N) is 2. The van der Waals surface area contributed by atoms with Crippen molar-refractivity contribution in [3.8, 4) is 0 Å². The van der Waals surface area contributed by atoms with E-state index in [1.54, 1.807) is 0 Å². The van der Waals surface area contributed by atoms with E-state index in [-0.39, 0.29) is 131 Å². The zero-order valence-corrected chi connectivity index (χ0v) is 20.1. The molecule has 0 fully saturated rings. The second-order valence-corrected chi connectivity index (χ2v) is 2.92. The van der Waals surface area contributed by atoms with E-state index in [1.165, 1.54) is 0 Å². The first-order valence-corrected chi connectivity index (χ1v) is 4.27. The Kier molecular flexibility index (Phi) is 31.7. The van der Waals surface area contributed by atoms with E-state index in [2.05, 4.69) is 0 Å². The first-order valence-electron chi connectivity index (χ1n) is 4.27. The molecule has 0 atom stereocenters. The van der Waals surface area contributed by atoms with Crippen LogP contribution in [0.2, 0.25) is 0 Å². The van der Waals surface area contributed by atoms with Gasteiger partial charge in [-0.3, -0.25) is 4.79 Å². The van der Waals surface area contributed by atoms with Gasteiger partial charge in [0.1, 0.15) is 0 Å². The molecule has 20 heavy (non-hydrogen) atoms. The molecule has 0 aliphatic heterocycles. The third-order valence-electron chi connectivity index (χ3n) is 1.65. The Labute approximate surface area is 204 Å². The van der Waals surface area contributed by atoms with Gasteiger partial charge in [-0.1, -0.05) is 0 Å². The summed E-state index contributed by atoms with van der Waals surface area (Å²) in [5, 5.41) is 39.2. The van der Waals surface area contributed by atoms with Gasteiger partial charge in [0.25, 0.3) is 0 Å². The third-order valence-corrected chi connectivity index (χ3v) is 1.65. The molecule has 0 saturated carbocycles. The molecule has 0 saturated heterocycles. The third kappa shape index (κ3) is 17.9. The Morgan fingerprint density at radius 1 is 0.900 bits per heavy atom. The minimum absolute atomic E-state index is 0. The van der Waals surface area contributed by atoms with Crippen molar-refractivity contribution in [2.45, 2.75) is 12.8 Å². The largest absolute Gasteiger partial charge is 1.00 e. The second kappa shape index (κ2) is 18.9. The maximum atomic E-state index is 10.9. The van der Waals surface area contributed by atoms with Gasteiger partial charge in [-0.15, -0.1) is 0 Å². The van der Waals surface area contributed by atoms with E-state index < -0.39 is 36.2 Å². The van der Waals surface area contributed by atoms with Gasteiger partial charge in [0.05, 0.1) is 17.9 Å². The van der Waals surface area contributed by atoms with E-state index in [0.717, 1.165) is 0 Å². The van der Waals surface area contributed by atoms with Crippen LogP contribution in [0.5, 0.6) is 0 Å². The molecule has 0 aliphatic carbocycles. The number of carbonyl (C=O) groups is 3. The summed E-state index contributed by atoms with van der Waals surface area (Å²) < 4.78 is 0. The number of carboxylic acids is 2. The standard InChI is InChI=1S/C8H12N2O6.4Na/c9-5(11)1-2-6(12)10-3-4(7(13)14)8(15)16;;;;/h4H,1-3H2,(H2,9,11)(H,10,12)(H,13,14)(H,15,16);;;;/q;4*+1/p-3. The Morgan fingerprint density at radius 3 is 1.60 bits per heavy atom. The van der Waals surface area contributed by atoms with Gasteiger partial charge in [-0.05, 0) is 12.3 Å². The fourth-order valence-electron chi connectivity index (χ4n) is 0.794. The fraction of sp³-hybridized carbons (Fsp3) is 0.500. The van der Waals surface area contributed by atoms with Crippen molar-refractivity contribution in [1.29, 1.82) is 5.41 Å². The Balaban J connectivity index is -0.000000187. The normalized spacial score (nSPS) is 7.85. The number of hydrogen-bond acceptors (Lipinski definition) is 7. The first-order chi connectivity index (χ1) is 7.34. The number of rotatable bonds is 7. The summed E-state index contributed by atoms with van der Waals surface area (Å²) in [6.45, 7) is -0.671. The fourth-order valence-corrected chi connectivity index (χ4v) is 0.794. The van der Waals surface area contributed by atoms with Gasteiger partial charge in [0.15, 0.2) is 0 Å². The van der Waals surface area contributed by atoms with Gasteiger partial charge >= 0.3 is 118 Å². The maximum absolute atomic E-state index is 10.9. The summed E-state index contributed by atoms with van der Waals surface area (Å²) in [6.07, 6.45) is -0.609. The molecule has 0 spiro atoms. The molecular formula is C8H9N2Na4O6+. The molecule has 0 aliphatic rings. The topological polar surface area (TPSA) is 156 Å². The van der Waals surface area contributed by atoms with Gasteiger partial charge in [-0.25, -0.2) is 0 Å². The summed E-state index contributed by atoms with van der Waals surface area (Å²) >= 11 is 0. The molecule has 0 aromatic heterocycles. The summed E-state index contributed by atoms with van der Waals surface area (Å²) in [7, 11) is 0. The molecule has 0 bridgehead atoms. The molecular weight excluding hydrogens is 312 g/mol. The number of aliphatic carboxylic acids is 2. The molecule has 1 amide bonds. The number of carboxylic acid groups (broad SMARTS) is 2. The maximum Gasteiger partial charge on any atom is 1.00 e. The monoisotopic (exact) mass is 321 g/mol. The van der Waals surface area contributed by atoms with Crippen LogP contribution >= 0.6 is 0 Å². The van der Waals surface area contributed by atoms with Gasteiger partial charge in [-0.2, -0.15) is 0 Å². The summed E-state index contributed by atoms with van der Waals surface area (Å²) in [5.74, 6) is -7.32. The molecule has 12 heteroatoms. The molecule has 0 radical (unpaired) electrons. The van der Waals surface area contributed by atoms with Crippen LogP contribution in [0.1, 0.15) is 12.8 Å². The van der Waals surface area contributed by atoms with E-state index >= 15 is 0 Å². The number of carbonyl (C=O) groups excluding carboxylic acids is 3. The Bertz CT molecular complexity index is 314. The van der Waals surface area contributed by atoms with Crippen molar-refractivity contribution in [3.63, 3.8) is 0 Å². The van der Waals surface area contributed by atoms with E-state index in [4.69, 9.17) is 5.41 Å². The van der Waals surface area contributed by atoms with Crippen molar-refractivity contribution in [2.24, 2.45) is 5.92 Å². The molecule has 0 aromatic carbocycles. The minimum Gasteiger partial charge on any atom is -0.862 e. The van der Waals surface area contributed by atoms with Crippen LogP contribution in [0, 0.1) is 11.3 Å². The summed E-state index contributed by atoms with van der Waals surface area (Å²) in [6, 6.07) is 0. The smallest absolute Gasteiger partial charge is 0.862 e. The Morgan fingerprint density at radius 2 is 1.30 bits per heavy atom. The van der Waals surface area contributed by atoms with Gasteiger partial charge < -0.3 is 35.6 Å². The zero-order valence-electron chi connectivity index (χ0n) is 12.1. The average Bonchev–Trinajstić information content (AvgIpc) is 2.13. The molecule has 2 N–H and O–H groups in total. The zero-order chi connectivity index (χ0) is 12.7. The van der Waals surface area contributed by atoms with E-state index in [0.29, 0.717) is 0 Å². The quantitative estimate of drug-likeness (QED) is 0.205. The molecule has 0 heterocycles. The van der Waals surface area contributed by atoms with Crippen molar-refractivity contribution in [1.82, 2.24) is 5.32 Å². The van der Waals surface area contributed by atoms with Crippen LogP contribution < -0.4 is 139 Å². The van der Waals surface area contributed by atoms with Crippen LogP contribution in [0.15, 0.2) is 0 Å². The summed E-state index contributed by atoms with van der Waals surface area (Å²) in [4.78, 5) is 31.4. The van der Waals surface area contributed by atoms with Crippen LogP contribution in [0.4, 0.5) is 0 Å². The van der Waals surface area contributed by atoms with Gasteiger partial charge in [0.2, 0.25) is 5.91 Å².